The zero-order chi connectivity index (χ0) is 13.8. The van der Waals surface area contributed by atoms with Crippen molar-refractivity contribution < 1.29 is 4.74 Å². The zero-order valence-electron chi connectivity index (χ0n) is 11.1. The van der Waals surface area contributed by atoms with Gasteiger partial charge >= 0.3 is 0 Å². The molecule has 0 fully saturated rings. The molecule has 5 heteroatoms. The van der Waals surface area contributed by atoms with Crippen LogP contribution in [0.4, 0.5) is 0 Å². The highest BCUT2D eigenvalue weighted by molar-refractivity contribution is 9.11. The highest BCUT2D eigenvalue weighted by Crippen LogP contribution is 2.34. The fourth-order valence-electron chi connectivity index (χ4n) is 1.49. The number of benzene rings is 1. The van der Waals surface area contributed by atoms with Crippen molar-refractivity contribution in [2.24, 2.45) is 0 Å². The fraction of sp³-hybridized carbons (Fsp3) is 0.538. The first-order valence-electron chi connectivity index (χ1n) is 5.67. The van der Waals surface area contributed by atoms with Gasteiger partial charge in [-0.05, 0) is 69.7 Å². The topological polar surface area (TPSA) is 21.3 Å². The van der Waals surface area contributed by atoms with Gasteiger partial charge in [-0.2, -0.15) is 11.8 Å². The van der Waals surface area contributed by atoms with E-state index in [0.717, 1.165) is 27.8 Å². The van der Waals surface area contributed by atoms with Crippen molar-refractivity contribution in [3.8, 4) is 5.75 Å². The molecule has 102 valence electrons. The molecule has 0 unspecified atom stereocenters. The van der Waals surface area contributed by atoms with Crippen molar-refractivity contribution in [3.63, 3.8) is 0 Å². The molecule has 0 heterocycles. The van der Waals surface area contributed by atoms with Crippen LogP contribution in [0, 0.1) is 0 Å². The van der Waals surface area contributed by atoms with E-state index < -0.39 is 0 Å². The molecule has 0 saturated heterocycles. The molecule has 0 aromatic heterocycles. The summed E-state index contributed by atoms with van der Waals surface area (Å²) in [6.45, 7) is 6.32. The third-order valence-corrected chi connectivity index (χ3v) is 5.12. The first kappa shape index (κ1) is 16.3. The SMILES string of the molecule is COc1c(Br)cc(CNCC(C)(C)SC)cc1Br. The molecular formula is C13H19Br2NOS. The number of thioether (sulfide) groups is 1. The molecule has 0 aliphatic carbocycles. The maximum Gasteiger partial charge on any atom is 0.147 e. The van der Waals surface area contributed by atoms with Crippen LogP contribution in [0.2, 0.25) is 0 Å². The molecule has 18 heavy (non-hydrogen) atoms. The number of ether oxygens (including phenoxy) is 1. The normalized spacial score (nSPS) is 11.7. The van der Waals surface area contributed by atoms with Crippen LogP contribution in [-0.4, -0.2) is 24.7 Å². The van der Waals surface area contributed by atoms with Crippen molar-refractivity contribution in [1.82, 2.24) is 5.32 Å². The van der Waals surface area contributed by atoms with E-state index in [1.54, 1.807) is 7.11 Å². The zero-order valence-corrected chi connectivity index (χ0v) is 15.1. The Balaban J connectivity index is 2.64. The number of halogens is 2. The molecule has 0 aliphatic rings. The second kappa shape index (κ2) is 7.17. The highest BCUT2D eigenvalue weighted by Gasteiger charge is 2.15. The second-order valence-electron chi connectivity index (χ2n) is 4.66. The standard InChI is InChI=1S/C13H19Br2NOS/c1-13(2,18-4)8-16-7-9-5-10(14)12(17-3)11(15)6-9/h5-6,16H,7-8H2,1-4H3. The van der Waals surface area contributed by atoms with E-state index in [0.29, 0.717) is 0 Å². The lowest BCUT2D eigenvalue weighted by Crippen LogP contribution is -2.31. The van der Waals surface area contributed by atoms with Crippen LogP contribution in [-0.2, 0) is 6.54 Å². The number of rotatable bonds is 6. The summed E-state index contributed by atoms with van der Waals surface area (Å²) in [7, 11) is 1.67. The van der Waals surface area contributed by atoms with Crippen molar-refractivity contribution in [2.75, 3.05) is 19.9 Å². The predicted molar refractivity (Wildman–Crippen MR) is 87.7 cm³/mol. The van der Waals surface area contributed by atoms with Gasteiger partial charge < -0.3 is 10.1 Å². The molecule has 0 bridgehead atoms. The average Bonchev–Trinajstić information content (AvgIpc) is 2.28. The number of hydrogen-bond donors (Lipinski definition) is 1. The van der Waals surface area contributed by atoms with Crippen LogP contribution in [0.5, 0.6) is 5.75 Å². The minimum absolute atomic E-state index is 0.265. The predicted octanol–water partition coefficient (Wildman–Crippen LogP) is 4.45. The molecule has 0 atom stereocenters. The minimum atomic E-state index is 0.265. The molecular weight excluding hydrogens is 378 g/mol. The molecule has 0 spiro atoms. The van der Waals surface area contributed by atoms with Gasteiger partial charge in [0.25, 0.3) is 0 Å². The van der Waals surface area contributed by atoms with E-state index in [-0.39, 0.29) is 4.75 Å². The Morgan fingerprint density at radius 1 is 1.28 bits per heavy atom. The Labute approximate surface area is 131 Å². The summed E-state index contributed by atoms with van der Waals surface area (Å²) >= 11 is 8.91. The van der Waals surface area contributed by atoms with Crippen LogP contribution in [0.3, 0.4) is 0 Å². The molecule has 1 rings (SSSR count). The highest BCUT2D eigenvalue weighted by atomic mass is 79.9. The van der Waals surface area contributed by atoms with Gasteiger partial charge in [0.15, 0.2) is 0 Å². The van der Waals surface area contributed by atoms with E-state index in [1.165, 1.54) is 5.56 Å². The average molecular weight is 397 g/mol. The molecule has 2 nitrogen and oxygen atoms in total. The van der Waals surface area contributed by atoms with Crippen LogP contribution >= 0.6 is 43.6 Å². The molecule has 0 radical (unpaired) electrons. The van der Waals surface area contributed by atoms with Crippen molar-refractivity contribution in [2.45, 2.75) is 25.1 Å². The molecule has 1 N–H and O–H groups in total. The molecule has 0 saturated carbocycles. The van der Waals surface area contributed by atoms with Gasteiger partial charge in [-0.25, -0.2) is 0 Å². The Morgan fingerprint density at radius 2 is 1.83 bits per heavy atom. The van der Waals surface area contributed by atoms with Gasteiger partial charge in [0, 0.05) is 17.8 Å². The minimum Gasteiger partial charge on any atom is -0.494 e. The van der Waals surface area contributed by atoms with Crippen molar-refractivity contribution in [3.05, 3.63) is 26.6 Å². The van der Waals surface area contributed by atoms with Gasteiger partial charge in [-0.3, -0.25) is 0 Å². The number of nitrogens with one attached hydrogen (secondary N) is 1. The molecule has 0 aliphatic heterocycles. The first-order valence-corrected chi connectivity index (χ1v) is 8.48. The Kier molecular flexibility index (Phi) is 6.51. The lowest BCUT2D eigenvalue weighted by Gasteiger charge is -2.22. The third-order valence-electron chi connectivity index (χ3n) is 2.69. The summed E-state index contributed by atoms with van der Waals surface area (Å²) in [5, 5.41) is 3.48. The summed E-state index contributed by atoms with van der Waals surface area (Å²) < 4.78 is 7.50. The number of hydrogen-bond acceptors (Lipinski definition) is 3. The Bertz CT molecular complexity index is 387. The second-order valence-corrected chi connectivity index (χ2v) is 7.88. The van der Waals surface area contributed by atoms with Crippen LogP contribution in [0.25, 0.3) is 0 Å². The van der Waals surface area contributed by atoms with Crippen LogP contribution < -0.4 is 10.1 Å². The summed E-state index contributed by atoms with van der Waals surface area (Å²) in [4.78, 5) is 0. The van der Waals surface area contributed by atoms with E-state index in [9.17, 15) is 0 Å². The Hall–Kier alpha value is 0.290. The smallest absolute Gasteiger partial charge is 0.147 e. The molecule has 0 amide bonds. The van der Waals surface area contributed by atoms with Gasteiger partial charge in [0.1, 0.15) is 5.75 Å². The maximum atomic E-state index is 5.29. The quantitative estimate of drug-likeness (QED) is 0.767. The summed E-state index contributed by atoms with van der Waals surface area (Å²) in [6, 6.07) is 4.17. The van der Waals surface area contributed by atoms with Gasteiger partial charge in [0.2, 0.25) is 0 Å². The summed E-state index contributed by atoms with van der Waals surface area (Å²) in [5.74, 6) is 0.836. The maximum absolute atomic E-state index is 5.29. The van der Waals surface area contributed by atoms with Gasteiger partial charge in [0.05, 0.1) is 16.1 Å². The van der Waals surface area contributed by atoms with Crippen molar-refractivity contribution >= 4 is 43.6 Å². The van der Waals surface area contributed by atoms with Crippen LogP contribution in [0.1, 0.15) is 19.4 Å². The van der Waals surface area contributed by atoms with Crippen molar-refractivity contribution in [1.29, 1.82) is 0 Å². The molecule has 1 aromatic carbocycles. The summed E-state index contributed by atoms with van der Waals surface area (Å²) in [5.41, 5.74) is 1.23. The fourth-order valence-corrected chi connectivity index (χ4v) is 3.34. The third kappa shape index (κ3) is 4.76. The van der Waals surface area contributed by atoms with E-state index in [4.69, 9.17) is 4.74 Å². The van der Waals surface area contributed by atoms with E-state index in [1.807, 2.05) is 11.8 Å². The monoisotopic (exact) mass is 395 g/mol. The van der Waals surface area contributed by atoms with E-state index in [2.05, 4.69) is 69.4 Å². The molecule has 1 aromatic rings. The first-order chi connectivity index (χ1) is 8.39. The summed E-state index contributed by atoms with van der Waals surface area (Å²) in [6.07, 6.45) is 2.14. The lowest BCUT2D eigenvalue weighted by molar-refractivity contribution is 0.409. The largest absolute Gasteiger partial charge is 0.494 e. The van der Waals surface area contributed by atoms with Gasteiger partial charge in [-0.15, -0.1) is 0 Å². The Morgan fingerprint density at radius 3 is 2.28 bits per heavy atom. The van der Waals surface area contributed by atoms with Crippen LogP contribution in [0.15, 0.2) is 21.1 Å². The lowest BCUT2D eigenvalue weighted by atomic mass is 10.2. The number of methoxy groups -OCH3 is 1. The van der Waals surface area contributed by atoms with Gasteiger partial charge in [-0.1, -0.05) is 0 Å². The van der Waals surface area contributed by atoms with E-state index >= 15 is 0 Å².